The van der Waals surface area contributed by atoms with Crippen LogP contribution in [-0.2, 0) is 11.2 Å². The number of aryl methyl sites for hydroxylation is 1. The quantitative estimate of drug-likeness (QED) is 0.789. The van der Waals surface area contributed by atoms with Gasteiger partial charge in [-0.1, -0.05) is 42.5 Å². The van der Waals surface area contributed by atoms with Crippen molar-refractivity contribution in [2.24, 2.45) is 10.2 Å². The van der Waals surface area contributed by atoms with Gasteiger partial charge in [-0.25, -0.2) is 4.79 Å². The first-order chi connectivity index (χ1) is 12.1. The van der Waals surface area contributed by atoms with Crippen molar-refractivity contribution < 1.29 is 14.3 Å². The third kappa shape index (κ3) is 2.15. The highest BCUT2D eigenvalue weighted by molar-refractivity contribution is 6.09. The summed E-state index contributed by atoms with van der Waals surface area (Å²) in [7, 11) is 1.37. The zero-order valence-electron chi connectivity index (χ0n) is 14.2. The standard InChI is InChI=1S/C20H18N2O3/c1-12-6-5-9-15(17(12)19(24)25-2)16-11-21-22-20(16)10-13-7-3-4-8-14(13)18(20)23/h3-9,16H,10-11H2,1-2H3/t16-,20+/m1/s1. The van der Waals surface area contributed by atoms with Crippen molar-refractivity contribution in [1.29, 1.82) is 0 Å². The number of ether oxygens (including phenoxy) is 1. The highest BCUT2D eigenvalue weighted by atomic mass is 16.5. The zero-order valence-corrected chi connectivity index (χ0v) is 14.2. The Morgan fingerprint density at radius 1 is 1.20 bits per heavy atom. The highest BCUT2D eigenvalue weighted by Gasteiger charge is 2.55. The van der Waals surface area contributed by atoms with Gasteiger partial charge in [0, 0.05) is 17.9 Å². The molecule has 1 aliphatic heterocycles. The molecule has 5 heteroatoms. The van der Waals surface area contributed by atoms with Gasteiger partial charge >= 0.3 is 5.97 Å². The Kier molecular flexibility index (Phi) is 3.53. The van der Waals surface area contributed by atoms with E-state index < -0.39 is 11.5 Å². The van der Waals surface area contributed by atoms with Gasteiger partial charge in [-0.3, -0.25) is 4.79 Å². The number of methoxy groups -OCH3 is 1. The van der Waals surface area contributed by atoms with Crippen LogP contribution >= 0.6 is 0 Å². The lowest BCUT2D eigenvalue weighted by Gasteiger charge is -2.27. The average Bonchev–Trinajstić information content (AvgIpc) is 3.17. The fourth-order valence-electron chi connectivity index (χ4n) is 4.05. The molecular weight excluding hydrogens is 316 g/mol. The number of hydrogen-bond donors (Lipinski definition) is 0. The second kappa shape index (κ2) is 5.62. The van der Waals surface area contributed by atoms with Crippen LogP contribution < -0.4 is 0 Å². The fourth-order valence-corrected chi connectivity index (χ4v) is 4.05. The van der Waals surface area contributed by atoms with Crippen LogP contribution in [0.15, 0.2) is 52.7 Å². The van der Waals surface area contributed by atoms with Crippen LogP contribution in [0.4, 0.5) is 0 Å². The molecule has 1 aliphatic carbocycles. The van der Waals surface area contributed by atoms with Crippen molar-refractivity contribution in [1.82, 2.24) is 0 Å². The summed E-state index contributed by atoms with van der Waals surface area (Å²) in [6.07, 6.45) is 0.519. The van der Waals surface area contributed by atoms with E-state index in [4.69, 9.17) is 4.74 Å². The molecule has 2 atom stereocenters. The number of nitrogens with zero attached hydrogens (tertiary/aromatic N) is 2. The minimum atomic E-state index is -0.944. The predicted molar refractivity (Wildman–Crippen MR) is 92.2 cm³/mol. The van der Waals surface area contributed by atoms with Gasteiger partial charge in [-0.05, 0) is 23.6 Å². The van der Waals surface area contributed by atoms with E-state index in [-0.39, 0.29) is 11.7 Å². The van der Waals surface area contributed by atoms with Crippen molar-refractivity contribution in [2.45, 2.75) is 24.8 Å². The smallest absolute Gasteiger partial charge is 0.338 e. The summed E-state index contributed by atoms with van der Waals surface area (Å²) >= 11 is 0. The third-order valence-electron chi connectivity index (χ3n) is 5.27. The van der Waals surface area contributed by atoms with Crippen LogP contribution in [0.5, 0.6) is 0 Å². The number of carbonyl (C=O) groups is 2. The summed E-state index contributed by atoms with van der Waals surface area (Å²) in [6, 6.07) is 13.3. The Morgan fingerprint density at radius 2 is 2.00 bits per heavy atom. The van der Waals surface area contributed by atoms with Gasteiger partial charge in [0.1, 0.15) is 0 Å². The normalized spacial score (nSPS) is 23.9. The molecule has 126 valence electrons. The van der Waals surface area contributed by atoms with Crippen LogP contribution in [0, 0.1) is 6.92 Å². The van der Waals surface area contributed by atoms with E-state index in [1.165, 1.54) is 7.11 Å². The summed E-state index contributed by atoms with van der Waals surface area (Å²) in [6.45, 7) is 2.27. The van der Waals surface area contributed by atoms with E-state index in [2.05, 4.69) is 10.2 Å². The summed E-state index contributed by atoms with van der Waals surface area (Å²) < 4.78 is 4.97. The van der Waals surface area contributed by atoms with Crippen molar-refractivity contribution in [2.75, 3.05) is 13.7 Å². The molecule has 0 amide bonds. The molecule has 0 saturated carbocycles. The number of fused-ring (bicyclic) bond motifs is 1. The Labute approximate surface area is 145 Å². The van der Waals surface area contributed by atoms with Crippen molar-refractivity contribution in [3.63, 3.8) is 0 Å². The van der Waals surface area contributed by atoms with E-state index in [0.29, 0.717) is 24.1 Å². The molecule has 1 heterocycles. The summed E-state index contributed by atoms with van der Waals surface area (Å²) in [4.78, 5) is 25.5. The van der Waals surface area contributed by atoms with Gasteiger partial charge in [0.15, 0.2) is 11.3 Å². The Hall–Kier alpha value is -2.82. The maximum atomic E-state index is 13.2. The molecule has 2 aliphatic rings. The molecular formula is C20H18N2O3. The molecule has 0 saturated heterocycles. The van der Waals surface area contributed by atoms with Gasteiger partial charge < -0.3 is 4.74 Å². The molecule has 2 aromatic rings. The van der Waals surface area contributed by atoms with Crippen molar-refractivity contribution >= 4 is 11.8 Å². The van der Waals surface area contributed by atoms with E-state index >= 15 is 0 Å². The fraction of sp³-hybridized carbons (Fsp3) is 0.300. The minimum absolute atomic E-state index is 0.00771. The largest absolute Gasteiger partial charge is 0.465 e. The molecule has 0 aromatic heterocycles. The number of Topliss-reactive ketones (excluding diaryl/α,β-unsaturated/α-hetero) is 1. The summed E-state index contributed by atoms with van der Waals surface area (Å²) in [5.74, 6) is -0.661. The van der Waals surface area contributed by atoms with Gasteiger partial charge in [0.05, 0.1) is 19.2 Å². The predicted octanol–water partition coefficient (Wildman–Crippen LogP) is 3.51. The summed E-state index contributed by atoms with van der Waals surface area (Å²) in [5, 5.41) is 8.62. The Morgan fingerprint density at radius 3 is 2.76 bits per heavy atom. The maximum absolute atomic E-state index is 13.2. The van der Waals surface area contributed by atoms with Crippen LogP contribution in [0.3, 0.4) is 0 Å². The van der Waals surface area contributed by atoms with Crippen LogP contribution in [0.25, 0.3) is 0 Å². The molecule has 0 unspecified atom stereocenters. The lowest BCUT2D eigenvalue weighted by atomic mass is 9.75. The zero-order chi connectivity index (χ0) is 17.6. The second-order valence-corrected chi connectivity index (χ2v) is 6.59. The number of ketones is 1. The molecule has 4 rings (SSSR count). The van der Waals surface area contributed by atoms with Gasteiger partial charge in [0.2, 0.25) is 0 Å². The lowest BCUT2D eigenvalue weighted by Crippen LogP contribution is -2.39. The van der Waals surface area contributed by atoms with E-state index in [1.807, 2.05) is 49.4 Å². The molecule has 2 aromatic carbocycles. The van der Waals surface area contributed by atoms with E-state index in [0.717, 1.165) is 16.7 Å². The molecule has 0 radical (unpaired) electrons. The van der Waals surface area contributed by atoms with Crippen molar-refractivity contribution in [3.8, 4) is 0 Å². The Bertz CT molecular complexity index is 919. The van der Waals surface area contributed by atoms with Crippen molar-refractivity contribution in [3.05, 3.63) is 70.3 Å². The SMILES string of the molecule is COC(=O)c1c(C)cccc1[C@H]1CN=N[C@@]12Cc1ccccc1C2=O. The molecule has 25 heavy (non-hydrogen) atoms. The Balaban J connectivity index is 1.85. The van der Waals surface area contributed by atoms with E-state index in [9.17, 15) is 9.59 Å². The number of rotatable bonds is 2. The van der Waals surface area contributed by atoms with Gasteiger partial charge in [0.25, 0.3) is 0 Å². The summed E-state index contributed by atoms with van der Waals surface area (Å²) in [5.41, 5.74) is 2.89. The van der Waals surface area contributed by atoms with Crippen LogP contribution in [0.2, 0.25) is 0 Å². The molecule has 0 N–H and O–H groups in total. The molecule has 5 nitrogen and oxygen atoms in total. The lowest BCUT2D eigenvalue weighted by molar-refractivity contribution is 0.0596. The highest BCUT2D eigenvalue weighted by Crippen LogP contribution is 2.47. The van der Waals surface area contributed by atoms with E-state index in [1.54, 1.807) is 0 Å². The average molecular weight is 334 g/mol. The third-order valence-corrected chi connectivity index (χ3v) is 5.27. The van der Waals surface area contributed by atoms with Gasteiger partial charge in [-0.2, -0.15) is 10.2 Å². The number of hydrogen-bond acceptors (Lipinski definition) is 5. The molecule has 0 bridgehead atoms. The number of benzene rings is 2. The minimum Gasteiger partial charge on any atom is -0.465 e. The first kappa shape index (κ1) is 15.7. The first-order valence-corrected chi connectivity index (χ1v) is 8.27. The maximum Gasteiger partial charge on any atom is 0.338 e. The molecule has 1 spiro atoms. The number of esters is 1. The van der Waals surface area contributed by atoms with Crippen LogP contribution in [0.1, 0.15) is 43.3 Å². The number of carbonyl (C=O) groups excluding carboxylic acids is 2. The van der Waals surface area contributed by atoms with Crippen LogP contribution in [-0.4, -0.2) is 30.9 Å². The number of azo groups is 1. The monoisotopic (exact) mass is 334 g/mol. The van der Waals surface area contributed by atoms with Gasteiger partial charge in [-0.15, -0.1) is 0 Å². The molecule has 0 fully saturated rings. The topological polar surface area (TPSA) is 68.1 Å². The second-order valence-electron chi connectivity index (χ2n) is 6.59. The first-order valence-electron chi connectivity index (χ1n) is 8.27.